The second kappa shape index (κ2) is 11.0. The maximum atomic E-state index is 14.3. The number of rotatable bonds is 8. The standard InChI is InChI=1S/C26H31FN4OS/c1-29(2)24(17-20-9-5-3-6-10-20)26(32)31(22-13-11-21(27)12-14-22)25(23-18-33-19-28-23)30-15-7-4-8-16-30/h3,5-6,9-14,18-19,24-25H,4,7-8,15-17H2,1-2H3. The number of thiazole rings is 1. The van der Waals surface area contributed by atoms with Gasteiger partial charge >= 0.3 is 0 Å². The molecule has 5 nitrogen and oxygen atoms in total. The number of halogens is 1. The molecule has 0 N–H and O–H groups in total. The molecule has 7 heteroatoms. The van der Waals surface area contributed by atoms with Crippen LogP contribution in [0.5, 0.6) is 0 Å². The number of carbonyl (C=O) groups excluding carboxylic acids is 1. The molecule has 0 saturated carbocycles. The number of amides is 1. The summed E-state index contributed by atoms with van der Waals surface area (Å²) < 4.78 is 13.8. The monoisotopic (exact) mass is 466 g/mol. The Morgan fingerprint density at radius 3 is 2.36 bits per heavy atom. The smallest absolute Gasteiger partial charge is 0.246 e. The van der Waals surface area contributed by atoms with Crippen molar-refractivity contribution in [3.63, 3.8) is 0 Å². The number of nitrogens with zero attached hydrogens (tertiary/aromatic N) is 4. The van der Waals surface area contributed by atoms with E-state index in [0.717, 1.165) is 37.2 Å². The quantitative estimate of drug-likeness (QED) is 0.470. The van der Waals surface area contributed by atoms with Gasteiger partial charge in [-0.3, -0.25) is 19.5 Å². The molecule has 2 atom stereocenters. The Bertz CT molecular complexity index is 1000. The van der Waals surface area contributed by atoms with Crippen LogP contribution in [-0.2, 0) is 11.2 Å². The molecule has 1 aromatic heterocycles. The van der Waals surface area contributed by atoms with E-state index >= 15 is 0 Å². The normalized spacial score (nSPS) is 16.5. The van der Waals surface area contributed by atoms with Crippen LogP contribution >= 0.6 is 11.3 Å². The van der Waals surface area contributed by atoms with Crippen molar-refractivity contribution in [2.45, 2.75) is 37.9 Å². The Morgan fingerprint density at radius 2 is 1.76 bits per heavy atom. The van der Waals surface area contributed by atoms with Crippen LogP contribution in [-0.4, -0.2) is 53.9 Å². The third-order valence-electron chi connectivity index (χ3n) is 6.22. The Labute approximate surface area is 199 Å². The fourth-order valence-corrected chi connectivity index (χ4v) is 5.04. The molecule has 4 rings (SSSR count). The molecule has 1 fully saturated rings. The van der Waals surface area contributed by atoms with Gasteiger partial charge in [-0.15, -0.1) is 11.3 Å². The molecule has 174 valence electrons. The van der Waals surface area contributed by atoms with E-state index in [1.807, 2.05) is 53.0 Å². The summed E-state index contributed by atoms with van der Waals surface area (Å²) in [5.74, 6) is -0.332. The van der Waals surface area contributed by atoms with Crippen LogP contribution in [0.25, 0.3) is 0 Å². The number of piperidine rings is 1. The summed E-state index contributed by atoms with van der Waals surface area (Å²) in [6.45, 7) is 1.80. The van der Waals surface area contributed by atoms with Gasteiger partial charge in [0, 0.05) is 24.2 Å². The minimum atomic E-state index is -0.372. The Balaban J connectivity index is 1.77. The fourth-order valence-electron chi connectivity index (χ4n) is 4.47. The van der Waals surface area contributed by atoms with Gasteiger partial charge in [-0.1, -0.05) is 36.8 Å². The van der Waals surface area contributed by atoms with E-state index in [1.165, 1.54) is 29.9 Å². The van der Waals surface area contributed by atoms with E-state index in [9.17, 15) is 9.18 Å². The predicted molar refractivity (Wildman–Crippen MR) is 132 cm³/mol. The highest BCUT2D eigenvalue weighted by Gasteiger charge is 2.37. The van der Waals surface area contributed by atoms with Gasteiger partial charge in [0.05, 0.1) is 17.2 Å². The summed E-state index contributed by atoms with van der Waals surface area (Å²) in [6, 6.07) is 15.9. The molecule has 0 bridgehead atoms. The molecule has 0 aliphatic carbocycles. The van der Waals surface area contributed by atoms with Gasteiger partial charge in [0.25, 0.3) is 0 Å². The number of aromatic nitrogens is 1. The fraction of sp³-hybridized carbons (Fsp3) is 0.385. The number of likely N-dealkylation sites (N-methyl/N-ethyl adjacent to an activating group) is 1. The lowest BCUT2D eigenvalue weighted by Crippen LogP contribution is -2.53. The molecule has 0 radical (unpaired) electrons. The van der Waals surface area contributed by atoms with Crippen LogP contribution < -0.4 is 4.90 Å². The highest BCUT2D eigenvalue weighted by atomic mass is 32.1. The number of anilines is 1. The second-order valence-electron chi connectivity index (χ2n) is 8.74. The SMILES string of the molecule is CN(C)C(Cc1ccccc1)C(=O)N(c1ccc(F)cc1)C(c1cscn1)N1CCCCC1. The van der Waals surface area contributed by atoms with E-state index < -0.39 is 0 Å². The molecular weight excluding hydrogens is 435 g/mol. The lowest BCUT2D eigenvalue weighted by atomic mass is 10.0. The minimum absolute atomic E-state index is 0.0148. The number of carbonyl (C=O) groups is 1. The summed E-state index contributed by atoms with van der Waals surface area (Å²) in [4.78, 5) is 25.1. The molecule has 33 heavy (non-hydrogen) atoms. The van der Waals surface area contributed by atoms with Crippen molar-refractivity contribution < 1.29 is 9.18 Å². The zero-order chi connectivity index (χ0) is 23.2. The molecule has 1 aliphatic rings. The average molecular weight is 467 g/mol. The van der Waals surface area contributed by atoms with Gasteiger partial charge in [-0.05, 0) is 63.2 Å². The third kappa shape index (κ3) is 5.66. The maximum Gasteiger partial charge on any atom is 0.246 e. The van der Waals surface area contributed by atoms with Gasteiger partial charge in [-0.25, -0.2) is 9.37 Å². The van der Waals surface area contributed by atoms with Crippen molar-refractivity contribution in [2.24, 2.45) is 0 Å². The molecule has 3 aromatic rings. The van der Waals surface area contributed by atoms with Crippen LogP contribution in [0, 0.1) is 5.82 Å². The van der Waals surface area contributed by atoms with E-state index in [0.29, 0.717) is 12.1 Å². The largest absolute Gasteiger partial charge is 0.298 e. The summed E-state index contributed by atoms with van der Waals surface area (Å²) in [5.41, 5.74) is 4.46. The molecule has 1 aliphatic heterocycles. The zero-order valence-electron chi connectivity index (χ0n) is 19.2. The van der Waals surface area contributed by atoms with Gasteiger partial charge in [-0.2, -0.15) is 0 Å². The first kappa shape index (κ1) is 23.5. The first-order valence-electron chi connectivity index (χ1n) is 11.5. The lowest BCUT2D eigenvalue weighted by Gasteiger charge is -2.42. The Hall–Kier alpha value is -2.61. The van der Waals surface area contributed by atoms with Crippen LogP contribution in [0.15, 0.2) is 65.5 Å². The number of hydrogen-bond acceptors (Lipinski definition) is 5. The first-order valence-corrected chi connectivity index (χ1v) is 12.4. The molecule has 1 saturated heterocycles. The summed E-state index contributed by atoms with van der Waals surface area (Å²) in [7, 11) is 3.88. The molecule has 0 spiro atoms. The maximum absolute atomic E-state index is 14.3. The zero-order valence-corrected chi connectivity index (χ0v) is 20.0. The Morgan fingerprint density at radius 1 is 1.06 bits per heavy atom. The average Bonchev–Trinajstić information content (AvgIpc) is 3.37. The van der Waals surface area contributed by atoms with Crippen molar-refractivity contribution in [1.29, 1.82) is 0 Å². The number of benzene rings is 2. The van der Waals surface area contributed by atoms with Crippen LogP contribution in [0.1, 0.15) is 36.7 Å². The van der Waals surface area contributed by atoms with Crippen LogP contribution in [0.4, 0.5) is 10.1 Å². The first-order chi connectivity index (χ1) is 16.0. The van der Waals surface area contributed by atoms with E-state index in [-0.39, 0.29) is 23.9 Å². The van der Waals surface area contributed by atoms with Crippen molar-refractivity contribution in [3.8, 4) is 0 Å². The third-order valence-corrected chi connectivity index (χ3v) is 6.82. The topological polar surface area (TPSA) is 39.7 Å². The van der Waals surface area contributed by atoms with Crippen molar-refractivity contribution >= 4 is 22.9 Å². The van der Waals surface area contributed by atoms with Gasteiger partial charge in [0.15, 0.2) is 0 Å². The van der Waals surface area contributed by atoms with Gasteiger partial charge in [0.1, 0.15) is 12.0 Å². The van der Waals surface area contributed by atoms with E-state index in [4.69, 9.17) is 0 Å². The van der Waals surface area contributed by atoms with E-state index in [2.05, 4.69) is 22.0 Å². The van der Waals surface area contributed by atoms with Crippen molar-refractivity contribution in [2.75, 3.05) is 32.1 Å². The molecule has 2 unspecified atom stereocenters. The second-order valence-corrected chi connectivity index (χ2v) is 9.46. The van der Waals surface area contributed by atoms with Crippen LogP contribution in [0.3, 0.4) is 0 Å². The number of hydrogen-bond donors (Lipinski definition) is 0. The summed E-state index contributed by atoms with van der Waals surface area (Å²) in [6.07, 6.45) is 3.64. The highest BCUT2D eigenvalue weighted by Crippen LogP contribution is 2.34. The molecular formula is C26H31FN4OS. The highest BCUT2D eigenvalue weighted by molar-refractivity contribution is 7.07. The predicted octanol–water partition coefficient (Wildman–Crippen LogP) is 4.97. The summed E-state index contributed by atoms with van der Waals surface area (Å²) >= 11 is 1.53. The Kier molecular flexibility index (Phi) is 7.85. The van der Waals surface area contributed by atoms with Crippen molar-refractivity contribution in [3.05, 3.63) is 82.6 Å². The van der Waals surface area contributed by atoms with E-state index in [1.54, 1.807) is 12.1 Å². The van der Waals surface area contributed by atoms with Gasteiger partial charge < -0.3 is 0 Å². The molecule has 2 aromatic carbocycles. The summed E-state index contributed by atoms with van der Waals surface area (Å²) in [5, 5.41) is 2.02. The van der Waals surface area contributed by atoms with Crippen LogP contribution in [0.2, 0.25) is 0 Å². The van der Waals surface area contributed by atoms with Crippen molar-refractivity contribution in [1.82, 2.24) is 14.8 Å². The van der Waals surface area contributed by atoms with Gasteiger partial charge in [0.2, 0.25) is 5.91 Å². The minimum Gasteiger partial charge on any atom is -0.298 e. The number of likely N-dealkylation sites (tertiary alicyclic amines) is 1. The molecule has 2 heterocycles. The molecule has 1 amide bonds. The lowest BCUT2D eigenvalue weighted by molar-refractivity contribution is -0.124.